The fourth-order valence-electron chi connectivity index (χ4n) is 1.66. The molecule has 6 nitrogen and oxygen atoms in total. The van der Waals surface area contributed by atoms with Gasteiger partial charge in [-0.25, -0.2) is 0 Å². The van der Waals surface area contributed by atoms with Gasteiger partial charge in [-0.1, -0.05) is 13.8 Å². The molecule has 0 spiro atoms. The van der Waals surface area contributed by atoms with Crippen molar-refractivity contribution in [2.75, 3.05) is 30.9 Å². The van der Waals surface area contributed by atoms with Crippen molar-refractivity contribution in [3.05, 3.63) is 24.3 Å². The van der Waals surface area contributed by atoms with Gasteiger partial charge in [0.1, 0.15) is 6.61 Å². The summed E-state index contributed by atoms with van der Waals surface area (Å²) >= 11 is 0. The molecule has 0 aliphatic rings. The number of rotatable bonds is 8. The Hall–Kier alpha value is -1.92. The number of anilines is 2. The molecule has 1 rings (SSSR count). The molecule has 0 atom stereocenters. The summed E-state index contributed by atoms with van der Waals surface area (Å²) in [5.41, 5.74) is 1.37. The molecule has 1 aromatic rings. The first-order valence-electron chi connectivity index (χ1n) is 6.93. The minimum atomic E-state index is -0.214. The van der Waals surface area contributed by atoms with Gasteiger partial charge in [-0.05, 0) is 24.3 Å². The number of hydrogen-bond acceptors (Lipinski definition) is 4. The van der Waals surface area contributed by atoms with Crippen molar-refractivity contribution in [3.63, 3.8) is 0 Å². The average molecular weight is 293 g/mol. The first-order valence-corrected chi connectivity index (χ1v) is 6.93. The van der Waals surface area contributed by atoms with Crippen LogP contribution in [-0.4, -0.2) is 38.1 Å². The zero-order valence-corrected chi connectivity index (χ0v) is 12.7. The molecule has 0 saturated heterocycles. The van der Waals surface area contributed by atoms with Crippen LogP contribution in [0, 0.1) is 0 Å². The number of methoxy groups -OCH3 is 1. The van der Waals surface area contributed by atoms with Gasteiger partial charge in [0.15, 0.2) is 0 Å². The van der Waals surface area contributed by atoms with Crippen LogP contribution in [0.25, 0.3) is 0 Å². The Labute approximate surface area is 125 Å². The molecule has 3 N–H and O–H groups in total. The van der Waals surface area contributed by atoms with E-state index >= 15 is 0 Å². The Kier molecular flexibility index (Phi) is 7.42. The fourth-order valence-corrected chi connectivity index (χ4v) is 1.66. The fraction of sp³-hybridized carbons (Fsp3) is 0.467. The maximum Gasteiger partial charge on any atom is 0.250 e. The smallest absolute Gasteiger partial charge is 0.250 e. The van der Waals surface area contributed by atoms with Gasteiger partial charge in [0.2, 0.25) is 11.8 Å². The van der Waals surface area contributed by atoms with E-state index in [9.17, 15) is 9.59 Å². The molecule has 6 heteroatoms. The van der Waals surface area contributed by atoms with Gasteiger partial charge in [0.25, 0.3) is 0 Å². The summed E-state index contributed by atoms with van der Waals surface area (Å²) in [6.07, 6.45) is 0.421. The van der Waals surface area contributed by atoms with Crippen molar-refractivity contribution in [1.82, 2.24) is 5.32 Å². The minimum absolute atomic E-state index is 0.0152. The zero-order chi connectivity index (χ0) is 15.7. The van der Waals surface area contributed by atoms with Gasteiger partial charge < -0.3 is 20.7 Å². The first-order chi connectivity index (χ1) is 10.0. The summed E-state index contributed by atoms with van der Waals surface area (Å²) in [7, 11) is 1.46. The SMILES string of the molecule is COCC(=O)Nc1ccc(NC(=O)CCNC(C)C)cc1. The lowest BCUT2D eigenvalue weighted by atomic mass is 10.2. The lowest BCUT2D eigenvalue weighted by Crippen LogP contribution is -2.27. The maximum atomic E-state index is 11.7. The third-order valence-corrected chi connectivity index (χ3v) is 2.63. The minimum Gasteiger partial charge on any atom is -0.375 e. The van der Waals surface area contributed by atoms with E-state index in [1.165, 1.54) is 7.11 Å². The normalized spacial score (nSPS) is 10.5. The summed E-state index contributed by atoms with van der Waals surface area (Å²) in [4.78, 5) is 23.0. The van der Waals surface area contributed by atoms with Gasteiger partial charge in [-0.2, -0.15) is 0 Å². The van der Waals surface area contributed by atoms with Crippen LogP contribution < -0.4 is 16.0 Å². The summed E-state index contributed by atoms with van der Waals surface area (Å²) in [5, 5.41) is 8.67. The number of ether oxygens (including phenoxy) is 1. The van der Waals surface area contributed by atoms with E-state index in [4.69, 9.17) is 4.74 Å². The van der Waals surface area contributed by atoms with E-state index in [0.29, 0.717) is 30.4 Å². The van der Waals surface area contributed by atoms with E-state index in [1.54, 1.807) is 24.3 Å². The van der Waals surface area contributed by atoms with E-state index in [2.05, 4.69) is 16.0 Å². The largest absolute Gasteiger partial charge is 0.375 e. The van der Waals surface area contributed by atoms with E-state index in [-0.39, 0.29) is 18.4 Å². The number of nitrogens with one attached hydrogen (secondary N) is 3. The van der Waals surface area contributed by atoms with Crippen LogP contribution in [0.4, 0.5) is 11.4 Å². The van der Waals surface area contributed by atoms with Crippen molar-refractivity contribution >= 4 is 23.2 Å². The Morgan fingerprint density at radius 3 is 2.05 bits per heavy atom. The van der Waals surface area contributed by atoms with Crippen LogP contribution in [0.15, 0.2) is 24.3 Å². The molecule has 2 amide bonds. The number of benzene rings is 1. The Balaban J connectivity index is 2.40. The molecular weight excluding hydrogens is 270 g/mol. The summed E-state index contributed by atoms with van der Waals surface area (Å²) in [5.74, 6) is -0.256. The van der Waals surface area contributed by atoms with Crippen LogP contribution in [0.3, 0.4) is 0 Å². The molecule has 0 saturated carbocycles. The summed E-state index contributed by atoms with van der Waals surface area (Å²) in [6.45, 7) is 4.74. The lowest BCUT2D eigenvalue weighted by Gasteiger charge is -2.09. The van der Waals surface area contributed by atoms with Gasteiger partial charge in [0.05, 0.1) is 0 Å². The van der Waals surface area contributed by atoms with Crippen LogP contribution in [-0.2, 0) is 14.3 Å². The van der Waals surface area contributed by atoms with Crippen LogP contribution in [0.5, 0.6) is 0 Å². The third kappa shape index (κ3) is 7.43. The second-order valence-corrected chi connectivity index (χ2v) is 4.97. The highest BCUT2D eigenvalue weighted by Crippen LogP contribution is 2.13. The van der Waals surface area contributed by atoms with Crippen molar-refractivity contribution in [2.45, 2.75) is 26.3 Å². The summed E-state index contributed by atoms with van der Waals surface area (Å²) < 4.78 is 4.73. The lowest BCUT2D eigenvalue weighted by molar-refractivity contribution is -0.119. The van der Waals surface area contributed by atoms with E-state index in [1.807, 2.05) is 13.8 Å². The van der Waals surface area contributed by atoms with Crippen molar-refractivity contribution in [3.8, 4) is 0 Å². The molecule has 116 valence electrons. The molecule has 1 aromatic carbocycles. The van der Waals surface area contributed by atoms with Crippen LogP contribution in [0.2, 0.25) is 0 Å². The first kappa shape index (κ1) is 17.1. The monoisotopic (exact) mass is 293 g/mol. The van der Waals surface area contributed by atoms with Crippen molar-refractivity contribution in [2.24, 2.45) is 0 Å². The average Bonchev–Trinajstić information content (AvgIpc) is 2.41. The number of hydrogen-bond donors (Lipinski definition) is 3. The highest BCUT2D eigenvalue weighted by atomic mass is 16.5. The maximum absolute atomic E-state index is 11.7. The standard InChI is InChI=1S/C15H23N3O3/c1-11(2)16-9-8-14(19)17-12-4-6-13(7-5-12)18-15(20)10-21-3/h4-7,11,16H,8-10H2,1-3H3,(H,17,19)(H,18,20). The van der Waals surface area contributed by atoms with E-state index in [0.717, 1.165) is 0 Å². The molecule has 0 heterocycles. The number of carbonyl (C=O) groups excluding carboxylic acids is 2. The van der Waals surface area contributed by atoms with Gasteiger partial charge in [-0.3, -0.25) is 9.59 Å². The van der Waals surface area contributed by atoms with Crippen molar-refractivity contribution < 1.29 is 14.3 Å². The third-order valence-electron chi connectivity index (χ3n) is 2.63. The van der Waals surface area contributed by atoms with Gasteiger partial charge >= 0.3 is 0 Å². The molecule has 0 unspecified atom stereocenters. The quantitative estimate of drug-likeness (QED) is 0.680. The number of amides is 2. The predicted octanol–water partition coefficient (Wildman–Crippen LogP) is 1.60. The highest BCUT2D eigenvalue weighted by molar-refractivity contribution is 5.93. The molecular formula is C15H23N3O3. The molecule has 21 heavy (non-hydrogen) atoms. The Bertz CT molecular complexity index is 458. The topological polar surface area (TPSA) is 79.5 Å². The van der Waals surface area contributed by atoms with Gasteiger partial charge in [-0.15, -0.1) is 0 Å². The van der Waals surface area contributed by atoms with Crippen LogP contribution in [0.1, 0.15) is 20.3 Å². The zero-order valence-electron chi connectivity index (χ0n) is 12.7. The molecule has 0 aliphatic heterocycles. The Morgan fingerprint density at radius 1 is 1.05 bits per heavy atom. The molecule has 0 aromatic heterocycles. The molecule has 0 bridgehead atoms. The predicted molar refractivity (Wildman–Crippen MR) is 83.3 cm³/mol. The Morgan fingerprint density at radius 2 is 1.57 bits per heavy atom. The second kappa shape index (κ2) is 9.10. The van der Waals surface area contributed by atoms with Crippen molar-refractivity contribution in [1.29, 1.82) is 0 Å². The van der Waals surface area contributed by atoms with Crippen LogP contribution >= 0.6 is 0 Å². The molecule has 0 fully saturated rings. The van der Waals surface area contributed by atoms with E-state index < -0.39 is 0 Å². The van der Waals surface area contributed by atoms with Gasteiger partial charge in [0, 0.05) is 37.5 Å². The summed E-state index contributed by atoms with van der Waals surface area (Å²) in [6, 6.07) is 7.32. The highest BCUT2D eigenvalue weighted by Gasteiger charge is 2.04. The number of carbonyl (C=O) groups is 2. The molecule has 0 aliphatic carbocycles. The molecule has 0 radical (unpaired) electrons. The second-order valence-electron chi connectivity index (χ2n) is 4.97.